The van der Waals surface area contributed by atoms with E-state index in [1.54, 1.807) is 12.1 Å². The molecule has 10 heteroatoms. The molecule has 9 nitrogen and oxygen atoms in total. The molecular formula is C25H28ClN3O6. The third-order valence-electron chi connectivity index (χ3n) is 6.13. The normalized spacial score (nSPS) is 17.3. The number of methoxy groups -OCH3 is 1. The van der Waals surface area contributed by atoms with Crippen molar-refractivity contribution in [1.29, 1.82) is 0 Å². The first-order chi connectivity index (χ1) is 16.7. The number of benzene rings is 2. The number of halogens is 1. The zero-order valence-electron chi connectivity index (χ0n) is 19.9. The minimum atomic E-state index is -0.979. The van der Waals surface area contributed by atoms with Gasteiger partial charge in [0.1, 0.15) is 11.5 Å². The number of aliphatic hydroxyl groups excluding tert-OH is 1. The number of non-ortho nitro benzene ring substituents is 1. The molecule has 0 aliphatic carbocycles. The van der Waals surface area contributed by atoms with Crippen molar-refractivity contribution in [3.8, 4) is 5.75 Å². The molecule has 0 saturated carbocycles. The smallest absolute Gasteiger partial charge is 0.295 e. The summed E-state index contributed by atoms with van der Waals surface area (Å²) < 4.78 is 5.14. The van der Waals surface area contributed by atoms with Crippen molar-refractivity contribution in [1.82, 2.24) is 9.80 Å². The zero-order valence-corrected chi connectivity index (χ0v) is 20.6. The van der Waals surface area contributed by atoms with Gasteiger partial charge in [-0.25, -0.2) is 0 Å². The Kier molecular flexibility index (Phi) is 8.48. The monoisotopic (exact) mass is 501 g/mol. The number of hydrogen-bond donors (Lipinski definition) is 1. The fourth-order valence-electron chi connectivity index (χ4n) is 4.24. The molecular weight excluding hydrogens is 474 g/mol. The summed E-state index contributed by atoms with van der Waals surface area (Å²) >= 11 is 6.21. The summed E-state index contributed by atoms with van der Waals surface area (Å²) in [7, 11) is 1.45. The minimum absolute atomic E-state index is 0.139. The van der Waals surface area contributed by atoms with Crippen molar-refractivity contribution in [2.75, 3.05) is 33.3 Å². The predicted molar refractivity (Wildman–Crippen MR) is 133 cm³/mol. The number of Topliss-reactive ketones (excluding diaryl/α,β-unsaturated/α-hetero) is 1. The number of carbonyl (C=O) groups excluding carboxylic acids is 2. The predicted octanol–water partition coefficient (Wildman–Crippen LogP) is 4.41. The van der Waals surface area contributed by atoms with Crippen molar-refractivity contribution in [2.24, 2.45) is 0 Å². The van der Waals surface area contributed by atoms with Gasteiger partial charge in [-0.15, -0.1) is 0 Å². The number of ketones is 1. The van der Waals surface area contributed by atoms with Gasteiger partial charge >= 0.3 is 0 Å². The largest absolute Gasteiger partial charge is 0.507 e. The average molecular weight is 502 g/mol. The quantitative estimate of drug-likeness (QED) is 0.169. The van der Waals surface area contributed by atoms with Gasteiger partial charge in [-0.2, -0.15) is 0 Å². The molecule has 2 aromatic carbocycles. The molecule has 186 valence electrons. The van der Waals surface area contributed by atoms with Crippen molar-refractivity contribution < 1.29 is 24.4 Å². The Bertz CT molecular complexity index is 1160. The lowest BCUT2D eigenvalue weighted by atomic mass is 9.95. The molecule has 1 fully saturated rings. The van der Waals surface area contributed by atoms with Crippen molar-refractivity contribution in [3.63, 3.8) is 0 Å². The number of amides is 1. The fourth-order valence-corrected chi connectivity index (χ4v) is 4.50. The summed E-state index contributed by atoms with van der Waals surface area (Å²) in [5.41, 5.74) is 0.276. The van der Waals surface area contributed by atoms with Crippen LogP contribution in [0.25, 0.3) is 5.76 Å². The maximum absolute atomic E-state index is 13.1. The number of ether oxygens (including phenoxy) is 1. The van der Waals surface area contributed by atoms with E-state index in [1.807, 2.05) is 13.8 Å². The zero-order chi connectivity index (χ0) is 25.7. The molecule has 1 saturated heterocycles. The SMILES string of the molecule is CCN(CC)CCCN1C(=O)C(=O)/C(=C(/O)c2ccc(OC)c(Cl)c2)[C@@H]1c1cccc([N+](=O)[O-])c1. The Morgan fingerprint density at radius 3 is 2.51 bits per heavy atom. The van der Waals surface area contributed by atoms with Crippen LogP contribution >= 0.6 is 11.6 Å². The second kappa shape index (κ2) is 11.3. The van der Waals surface area contributed by atoms with Crippen LogP contribution in [0.2, 0.25) is 5.02 Å². The minimum Gasteiger partial charge on any atom is -0.507 e. The summed E-state index contributed by atoms with van der Waals surface area (Å²) in [5.74, 6) is -1.64. The highest BCUT2D eigenvalue weighted by Crippen LogP contribution is 2.41. The number of nitro benzene ring substituents is 1. The summed E-state index contributed by atoms with van der Waals surface area (Å²) in [4.78, 5) is 40.6. The maximum Gasteiger partial charge on any atom is 0.295 e. The molecule has 2 aromatic rings. The third kappa shape index (κ3) is 5.47. The first-order valence-electron chi connectivity index (χ1n) is 11.3. The highest BCUT2D eigenvalue weighted by Gasteiger charge is 2.46. The molecule has 1 aliphatic heterocycles. The molecule has 1 atom stereocenters. The van der Waals surface area contributed by atoms with E-state index in [0.29, 0.717) is 24.3 Å². The highest BCUT2D eigenvalue weighted by molar-refractivity contribution is 6.46. The van der Waals surface area contributed by atoms with Gasteiger partial charge in [0.2, 0.25) is 0 Å². The number of rotatable bonds is 10. The number of carbonyl (C=O) groups is 2. The Labute approximate surface area is 208 Å². The lowest BCUT2D eigenvalue weighted by Crippen LogP contribution is -2.33. The van der Waals surface area contributed by atoms with Gasteiger partial charge in [0.05, 0.1) is 28.7 Å². The number of likely N-dealkylation sites (tertiary alicyclic amines) is 1. The van der Waals surface area contributed by atoms with E-state index in [0.717, 1.165) is 13.1 Å². The van der Waals surface area contributed by atoms with Crippen LogP contribution in [0.15, 0.2) is 48.0 Å². The van der Waals surface area contributed by atoms with E-state index in [2.05, 4.69) is 4.90 Å². The van der Waals surface area contributed by atoms with Gasteiger partial charge in [-0.1, -0.05) is 37.6 Å². The first kappa shape index (κ1) is 26.2. The molecule has 1 amide bonds. The van der Waals surface area contributed by atoms with Crippen LogP contribution in [0.3, 0.4) is 0 Å². The molecule has 1 aliphatic rings. The van der Waals surface area contributed by atoms with E-state index < -0.39 is 28.4 Å². The summed E-state index contributed by atoms with van der Waals surface area (Å²) in [6.07, 6.45) is 0.592. The van der Waals surface area contributed by atoms with Crippen LogP contribution in [0.4, 0.5) is 5.69 Å². The Morgan fingerprint density at radius 1 is 1.20 bits per heavy atom. The van der Waals surface area contributed by atoms with Gasteiger partial charge in [0, 0.05) is 24.2 Å². The van der Waals surface area contributed by atoms with Crippen LogP contribution in [-0.4, -0.2) is 64.8 Å². The van der Waals surface area contributed by atoms with Gasteiger partial charge in [0.15, 0.2) is 0 Å². The molecule has 0 bridgehead atoms. The topological polar surface area (TPSA) is 113 Å². The summed E-state index contributed by atoms with van der Waals surface area (Å²) in [6, 6.07) is 9.28. The van der Waals surface area contributed by atoms with Gasteiger partial charge < -0.3 is 19.6 Å². The number of aliphatic hydroxyl groups is 1. The van der Waals surface area contributed by atoms with Crippen molar-refractivity contribution in [2.45, 2.75) is 26.3 Å². The molecule has 1 N–H and O–H groups in total. The Balaban J connectivity index is 2.10. The Morgan fingerprint density at radius 2 is 1.91 bits per heavy atom. The fraction of sp³-hybridized carbons (Fsp3) is 0.360. The lowest BCUT2D eigenvalue weighted by Gasteiger charge is -2.26. The lowest BCUT2D eigenvalue weighted by molar-refractivity contribution is -0.384. The van der Waals surface area contributed by atoms with Crippen LogP contribution in [-0.2, 0) is 9.59 Å². The van der Waals surface area contributed by atoms with E-state index in [4.69, 9.17) is 16.3 Å². The van der Waals surface area contributed by atoms with E-state index in [1.165, 1.54) is 42.3 Å². The molecule has 3 rings (SSSR count). The maximum atomic E-state index is 13.1. The van der Waals surface area contributed by atoms with Crippen molar-refractivity contribution >= 4 is 34.7 Å². The van der Waals surface area contributed by atoms with E-state index in [-0.39, 0.29) is 28.4 Å². The van der Waals surface area contributed by atoms with Crippen LogP contribution < -0.4 is 4.74 Å². The summed E-state index contributed by atoms with van der Waals surface area (Å²) in [6.45, 7) is 6.74. The standard InChI is InChI=1S/C25H28ClN3O6/c1-4-27(5-2)12-7-13-28-22(16-8-6-9-18(14-16)29(33)34)21(24(31)25(28)32)23(30)17-10-11-20(35-3)19(26)15-17/h6,8-11,14-15,22,30H,4-5,7,12-13H2,1-3H3/b23-21+/t22-/m0/s1. The van der Waals surface area contributed by atoms with E-state index >= 15 is 0 Å². The molecule has 0 aromatic heterocycles. The molecule has 0 radical (unpaired) electrons. The highest BCUT2D eigenvalue weighted by atomic mass is 35.5. The second-order valence-corrected chi connectivity index (χ2v) is 8.48. The number of hydrogen-bond acceptors (Lipinski definition) is 7. The van der Waals surface area contributed by atoms with Crippen LogP contribution in [0.1, 0.15) is 37.4 Å². The van der Waals surface area contributed by atoms with Crippen LogP contribution in [0, 0.1) is 10.1 Å². The number of nitro groups is 1. The average Bonchev–Trinajstić information content (AvgIpc) is 3.11. The summed E-state index contributed by atoms with van der Waals surface area (Å²) in [5, 5.41) is 22.8. The third-order valence-corrected chi connectivity index (χ3v) is 6.43. The van der Waals surface area contributed by atoms with Gasteiger partial charge in [-0.3, -0.25) is 19.7 Å². The molecule has 35 heavy (non-hydrogen) atoms. The second-order valence-electron chi connectivity index (χ2n) is 8.07. The first-order valence-corrected chi connectivity index (χ1v) is 11.7. The molecule has 0 spiro atoms. The van der Waals surface area contributed by atoms with Gasteiger partial charge in [-0.05, 0) is 49.8 Å². The van der Waals surface area contributed by atoms with Gasteiger partial charge in [0.25, 0.3) is 17.4 Å². The molecule has 0 unspecified atom stereocenters. The van der Waals surface area contributed by atoms with E-state index in [9.17, 15) is 24.8 Å². The molecule has 1 heterocycles. The Hall–Kier alpha value is -3.43. The number of nitrogens with zero attached hydrogens (tertiary/aromatic N) is 3. The van der Waals surface area contributed by atoms with Crippen molar-refractivity contribution in [3.05, 3.63) is 74.3 Å². The van der Waals surface area contributed by atoms with Crippen LogP contribution in [0.5, 0.6) is 5.75 Å².